The summed E-state index contributed by atoms with van der Waals surface area (Å²) in [7, 11) is -4.38. The summed E-state index contributed by atoms with van der Waals surface area (Å²) in [5, 5.41) is 0. The molecule has 0 saturated carbocycles. The molecule has 7 heteroatoms. The Bertz CT molecular complexity index is 349. The van der Waals surface area contributed by atoms with Gasteiger partial charge in [0, 0.05) is 0 Å². The second-order valence-corrected chi connectivity index (χ2v) is 4.34. The average Bonchev–Trinajstić information content (AvgIpc) is 2.28. The number of hydrogen-bond acceptors (Lipinski definition) is 4. The van der Waals surface area contributed by atoms with E-state index in [4.69, 9.17) is 19.3 Å². The predicted octanol–water partition coefficient (Wildman–Crippen LogP) is 1.19. The van der Waals surface area contributed by atoms with Gasteiger partial charge < -0.3 is 19.3 Å². The molecule has 96 valence electrons. The first-order valence-electron chi connectivity index (χ1n) is 5.03. The molecule has 0 atom stereocenters. The fourth-order valence-corrected chi connectivity index (χ4v) is 1.36. The molecule has 0 aliphatic heterocycles. The van der Waals surface area contributed by atoms with Crippen LogP contribution in [0.5, 0.6) is 5.75 Å². The lowest BCUT2D eigenvalue weighted by Crippen LogP contribution is -2.10. The van der Waals surface area contributed by atoms with Gasteiger partial charge in [0.1, 0.15) is 12.4 Å². The molecule has 0 fully saturated rings. The van der Waals surface area contributed by atoms with Gasteiger partial charge in [-0.1, -0.05) is 18.2 Å². The minimum absolute atomic E-state index is 0.114. The Hall–Kier alpha value is -0.910. The van der Waals surface area contributed by atoms with Crippen LogP contribution < -0.4 is 4.74 Å². The molecule has 6 nitrogen and oxygen atoms in total. The second-order valence-electron chi connectivity index (χ2n) is 3.10. The fraction of sp³-hybridized carbons (Fsp3) is 0.400. The molecule has 17 heavy (non-hydrogen) atoms. The smallest absolute Gasteiger partial charge is 0.469 e. The van der Waals surface area contributed by atoms with Crippen LogP contribution in [0.3, 0.4) is 0 Å². The predicted molar refractivity (Wildman–Crippen MR) is 60.8 cm³/mol. The third-order valence-electron chi connectivity index (χ3n) is 1.73. The van der Waals surface area contributed by atoms with Crippen LogP contribution in [-0.4, -0.2) is 36.2 Å². The van der Waals surface area contributed by atoms with E-state index >= 15 is 0 Å². The summed E-state index contributed by atoms with van der Waals surface area (Å²) in [5.74, 6) is 0.752. The van der Waals surface area contributed by atoms with Crippen LogP contribution in [0.25, 0.3) is 0 Å². The lowest BCUT2D eigenvalue weighted by molar-refractivity contribution is 0.0668. The lowest BCUT2D eigenvalue weighted by Gasteiger charge is -2.07. The van der Waals surface area contributed by atoms with E-state index < -0.39 is 7.82 Å². The highest BCUT2D eigenvalue weighted by atomic mass is 31.2. The van der Waals surface area contributed by atoms with Gasteiger partial charge in [0.25, 0.3) is 0 Å². The number of phosphoric acid groups is 1. The number of hydrogen-bond donors (Lipinski definition) is 2. The highest BCUT2D eigenvalue weighted by Crippen LogP contribution is 2.35. The van der Waals surface area contributed by atoms with E-state index in [0.717, 1.165) is 5.75 Å². The Morgan fingerprint density at radius 2 is 1.65 bits per heavy atom. The van der Waals surface area contributed by atoms with Crippen molar-refractivity contribution < 1.29 is 28.3 Å². The summed E-state index contributed by atoms with van der Waals surface area (Å²) in [4.78, 5) is 16.8. The molecule has 1 rings (SSSR count). The highest BCUT2D eigenvalue weighted by Gasteiger charge is 2.12. The zero-order valence-electron chi connectivity index (χ0n) is 9.19. The fourth-order valence-electron chi connectivity index (χ4n) is 1.05. The molecule has 1 aromatic carbocycles. The third-order valence-corrected chi connectivity index (χ3v) is 2.25. The SMILES string of the molecule is O=P(O)(O)OCCOCCOc1ccccc1. The number of phosphoric ester groups is 1. The normalized spacial score (nSPS) is 11.4. The maximum atomic E-state index is 10.3. The molecular formula is C10H15O6P. The Kier molecular flexibility index (Phi) is 6.18. The molecule has 0 aliphatic carbocycles. The van der Waals surface area contributed by atoms with Crippen LogP contribution in [-0.2, 0) is 13.8 Å². The van der Waals surface area contributed by atoms with Gasteiger partial charge in [-0.3, -0.25) is 4.52 Å². The van der Waals surface area contributed by atoms with Crippen LogP contribution >= 0.6 is 7.82 Å². The van der Waals surface area contributed by atoms with Crippen molar-refractivity contribution in [3.63, 3.8) is 0 Å². The Labute approximate surface area is 99.4 Å². The molecule has 0 saturated heterocycles. The first-order valence-corrected chi connectivity index (χ1v) is 6.56. The van der Waals surface area contributed by atoms with E-state index in [1.54, 1.807) is 0 Å². The van der Waals surface area contributed by atoms with E-state index in [2.05, 4.69) is 4.52 Å². The van der Waals surface area contributed by atoms with Gasteiger partial charge in [-0.25, -0.2) is 4.57 Å². The minimum Gasteiger partial charge on any atom is -0.491 e. The summed E-state index contributed by atoms with van der Waals surface area (Å²) >= 11 is 0. The summed E-state index contributed by atoms with van der Waals surface area (Å²) in [5.41, 5.74) is 0. The van der Waals surface area contributed by atoms with Gasteiger partial charge in [0.05, 0.1) is 19.8 Å². The average molecular weight is 262 g/mol. The van der Waals surface area contributed by atoms with Crippen LogP contribution in [0.4, 0.5) is 0 Å². The van der Waals surface area contributed by atoms with Gasteiger partial charge >= 0.3 is 7.82 Å². The summed E-state index contributed by atoms with van der Waals surface area (Å²) < 4.78 is 24.9. The van der Waals surface area contributed by atoms with Gasteiger partial charge in [-0.15, -0.1) is 0 Å². The van der Waals surface area contributed by atoms with Crippen LogP contribution in [0.1, 0.15) is 0 Å². The molecule has 0 heterocycles. The molecule has 0 unspecified atom stereocenters. The Morgan fingerprint density at radius 1 is 1.00 bits per heavy atom. The summed E-state index contributed by atoms with van der Waals surface area (Å²) in [6.07, 6.45) is 0. The summed E-state index contributed by atoms with van der Waals surface area (Å²) in [6, 6.07) is 9.28. The van der Waals surface area contributed by atoms with Crippen molar-refractivity contribution in [3.8, 4) is 5.75 Å². The second kappa shape index (κ2) is 7.42. The lowest BCUT2D eigenvalue weighted by atomic mass is 10.3. The standard InChI is InChI=1S/C10H15O6P/c11-17(12,13)16-9-7-14-6-8-15-10-4-2-1-3-5-10/h1-5H,6-9H2,(H2,11,12,13). The van der Waals surface area contributed by atoms with Crippen molar-refractivity contribution in [3.05, 3.63) is 30.3 Å². The van der Waals surface area contributed by atoms with Crippen molar-refractivity contribution in [2.24, 2.45) is 0 Å². The van der Waals surface area contributed by atoms with E-state index in [1.807, 2.05) is 30.3 Å². The number of rotatable bonds is 8. The van der Waals surface area contributed by atoms with Gasteiger partial charge in [0.2, 0.25) is 0 Å². The molecule has 2 N–H and O–H groups in total. The monoisotopic (exact) mass is 262 g/mol. The number of ether oxygens (including phenoxy) is 2. The molecule has 0 aliphatic rings. The molecule has 0 bridgehead atoms. The Morgan fingerprint density at radius 3 is 2.29 bits per heavy atom. The van der Waals surface area contributed by atoms with Crippen molar-refractivity contribution in [1.29, 1.82) is 0 Å². The minimum atomic E-state index is -4.38. The van der Waals surface area contributed by atoms with E-state index in [1.165, 1.54) is 0 Å². The molecule has 0 spiro atoms. The maximum absolute atomic E-state index is 10.3. The van der Waals surface area contributed by atoms with E-state index in [9.17, 15) is 4.57 Å². The van der Waals surface area contributed by atoms with E-state index in [0.29, 0.717) is 13.2 Å². The number of benzene rings is 1. The summed E-state index contributed by atoms with van der Waals surface area (Å²) in [6.45, 7) is 0.679. The molecule has 0 amide bonds. The van der Waals surface area contributed by atoms with Crippen molar-refractivity contribution in [2.45, 2.75) is 0 Å². The van der Waals surface area contributed by atoms with Crippen molar-refractivity contribution in [1.82, 2.24) is 0 Å². The zero-order chi connectivity index (χ0) is 12.6. The van der Waals surface area contributed by atoms with E-state index in [-0.39, 0.29) is 13.2 Å². The van der Waals surface area contributed by atoms with Crippen molar-refractivity contribution in [2.75, 3.05) is 26.4 Å². The molecular weight excluding hydrogens is 247 g/mol. The molecule has 0 radical (unpaired) electrons. The zero-order valence-corrected chi connectivity index (χ0v) is 10.1. The van der Waals surface area contributed by atoms with Crippen LogP contribution in [0.2, 0.25) is 0 Å². The quantitative estimate of drug-likeness (QED) is 0.540. The topological polar surface area (TPSA) is 85.2 Å². The highest BCUT2D eigenvalue weighted by molar-refractivity contribution is 7.46. The van der Waals surface area contributed by atoms with Gasteiger partial charge in [0.15, 0.2) is 0 Å². The Balaban J connectivity index is 1.97. The van der Waals surface area contributed by atoms with Crippen LogP contribution in [0, 0.1) is 0 Å². The van der Waals surface area contributed by atoms with Crippen molar-refractivity contribution >= 4 is 7.82 Å². The molecule has 0 aromatic heterocycles. The number of para-hydroxylation sites is 1. The largest absolute Gasteiger partial charge is 0.491 e. The van der Waals surface area contributed by atoms with Gasteiger partial charge in [-0.05, 0) is 12.1 Å². The maximum Gasteiger partial charge on any atom is 0.469 e. The first kappa shape index (κ1) is 14.2. The van der Waals surface area contributed by atoms with Gasteiger partial charge in [-0.2, -0.15) is 0 Å². The molecule has 1 aromatic rings. The first-order chi connectivity index (χ1) is 8.08. The van der Waals surface area contributed by atoms with Crippen LogP contribution in [0.15, 0.2) is 30.3 Å². The third kappa shape index (κ3) is 7.90.